The molecule has 0 aliphatic carbocycles. The predicted octanol–water partition coefficient (Wildman–Crippen LogP) is 2.85. The fourth-order valence-electron chi connectivity index (χ4n) is 2.00. The van der Waals surface area contributed by atoms with Crippen molar-refractivity contribution in [3.8, 4) is 0 Å². The molecule has 0 atom stereocenters. The highest BCUT2D eigenvalue weighted by atomic mass is 19.1. The smallest absolute Gasteiger partial charge is 0.254 e. The summed E-state index contributed by atoms with van der Waals surface area (Å²) in [5, 5.41) is 0. The molecule has 5 heteroatoms. The van der Waals surface area contributed by atoms with Gasteiger partial charge < -0.3 is 10.6 Å². The summed E-state index contributed by atoms with van der Waals surface area (Å²) >= 11 is 0. The molecule has 0 saturated heterocycles. The van der Waals surface area contributed by atoms with Gasteiger partial charge in [0.05, 0.1) is 5.69 Å². The molecule has 0 aliphatic heterocycles. The molecule has 2 N–H and O–H groups in total. The Morgan fingerprint density at radius 1 is 1.38 bits per heavy atom. The van der Waals surface area contributed by atoms with Gasteiger partial charge in [0.25, 0.3) is 5.91 Å². The van der Waals surface area contributed by atoms with Crippen LogP contribution < -0.4 is 5.73 Å². The number of benzene rings is 1. The van der Waals surface area contributed by atoms with Crippen molar-refractivity contribution in [2.24, 2.45) is 0 Å². The molecule has 1 amide bonds. The maximum Gasteiger partial charge on any atom is 0.254 e. The Morgan fingerprint density at radius 2 is 2.14 bits per heavy atom. The first-order chi connectivity index (χ1) is 9.99. The lowest BCUT2D eigenvalue weighted by Crippen LogP contribution is -2.36. The highest BCUT2D eigenvalue weighted by molar-refractivity contribution is 5.94. The van der Waals surface area contributed by atoms with Gasteiger partial charge in [-0.2, -0.15) is 0 Å². The Kier molecular flexibility index (Phi) is 4.52. The second-order valence-electron chi connectivity index (χ2n) is 5.12. The SMILES string of the molecule is CC(C)N(Cc1cccnc1)C(=O)c1ccc(N)c(F)c1. The van der Waals surface area contributed by atoms with Crippen LogP contribution in [0.25, 0.3) is 0 Å². The molecule has 0 fully saturated rings. The Hall–Kier alpha value is -2.43. The third-order valence-electron chi connectivity index (χ3n) is 3.21. The van der Waals surface area contributed by atoms with Crippen LogP contribution in [-0.2, 0) is 6.54 Å². The lowest BCUT2D eigenvalue weighted by molar-refractivity contribution is 0.0689. The summed E-state index contributed by atoms with van der Waals surface area (Å²) in [6.45, 7) is 4.26. The van der Waals surface area contributed by atoms with Crippen molar-refractivity contribution in [3.05, 3.63) is 59.7 Å². The minimum atomic E-state index is -0.578. The number of nitrogens with two attached hydrogens (primary N) is 1. The first-order valence-electron chi connectivity index (χ1n) is 6.74. The topological polar surface area (TPSA) is 59.2 Å². The summed E-state index contributed by atoms with van der Waals surface area (Å²) in [4.78, 5) is 18.3. The maximum absolute atomic E-state index is 13.5. The minimum Gasteiger partial charge on any atom is -0.396 e. The number of anilines is 1. The van der Waals surface area contributed by atoms with Gasteiger partial charge in [0.15, 0.2) is 0 Å². The van der Waals surface area contributed by atoms with Crippen LogP contribution in [0.5, 0.6) is 0 Å². The van der Waals surface area contributed by atoms with Gasteiger partial charge in [-0.3, -0.25) is 9.78 Å². The second-order valence-corrected chi connectivity index (χ2v) is 5.12. The van der Waals surface area contributed by atoms with Crippen molar-refractivity contribution in [3.63, 3.8) is 0 Å². The highest BCUT2D eigenvalue weighted by Crippen LogP contribution is 2.17. The third kappa shape index (κ3) is 3.56. The van der Waals surface area contributed by atoms with Crippen molar-refractivity contribution in [1.82, 2.24) is 9.88 Å². The van der Waals surface area contributed by atoms with Crippen LogP contribution in [0.1, 0.15) is 29.8 Å². The molecule has 4 nitrogen and oxygen atoms in total. The summed E-state index contributed by atoms with van der Waals surface area (Å²) in [5.41, 5.74) is 6.69. The van der Waals surface area contributed by atoms with E-state index in [1.54, 1.807) is 23.4 Å². The largest absolute Gasteiger partial charge is 0.396 e. The van der Waals surface area contributed by atoms with Crippen molar-refractivity contribution in [2.75, 3.05) is 5.73 Å². The fourth-order valence-corrected chi connectivity index (χ4v) is 2.00. The van der Waals surface area contributed by atoms with Gasteiger partial charge in [0.1, 0.15) is 5.82 Å². The third-order valence-corrected chi connectivity index (χ3v) is 3.21. The number of carbonyl (C=O) groups is 1. The van der Waals surface area contributed by atoms with Gasteiger partial charge >= 0.3 is 0 Å². The van der Waals surface area contributed by atoms with E-state index in [4.69, 9.17) is 5.73 Å². The van der Waals surface area contributed by atoms with Crippen LogP contribution in [0.15, 0.2) is 42.7 Å². The average Bonchev–Trinajstić information content (AvgIpc) is 2.47. The lowest BCUT2D eigenvalue weighted by Gasteiger charge is -2.27. The molecular weight excluding hydrogens is 269 g/mol. The molecule has 110 valence electrons. The summed E-state index contributed by atoms with van der Waals surface area (Å²) in [6, 6.07) is 7.83. The van der Waals surface area contributed by atoms with E-state index < -0.39 is 5.82 Å². The van der Waals surface area contributed by atoms with Crippen LogP contribution in [0, 0.1) is 5.82 Å². The maximum atomic E-state index is 13.5. The quantitative estimate of drug-likeness (QED) is 0.880. The number of hydrogen-bond donors (Lipinski definition) is 1. The average molecular weight is 287 g/mol. The number of rotatable bonds is 4. The molecule has 1 heterocycles. The molecule has 0 spiro atoms. The summed E-state index contributed by atoms with van der Waals surface area (Å²) in [7, 11) is 0. The van der Waals surface area contributed by atoms with Crippen LogP contribution >= 0.6 is 0 Å². The number of aromatic nitrogens is 1. The van der Waals surface area contributed by atoms with Gasteiger partial charge in [-0.05, 0) is 43.7 Å². The minimum absolute atomic E-state index is 0.0154. The van der Waals surface area contributed by atoms with Crippen LogP contribution in [0.2, 0.25) is 0 Å². The van der Waals surface area contributed by atoms with E-state index in [9.17, 15) is 9.18 Å². The molecule has 0 radical (unpaired) electrons. The van der Waals surface area contributed by atoms with Crippen LogP contribution in [-0.4, -0.2) is 21.8 Å². The Bertz CT molecular complexity index is 629. The summed E-state index contributed by atoms with van der Waals surface area (Å²) < 4.78 is 13.5. The van der Waals surface area contributed by atoms with E-state index in [1.807, 2.05) is 26.0 Å². The zero-order valence-electron chi connectivity index (χ0n) is 12.1. The van der Waals surface area contributed by atoms with Gasteiger partial charge in [-0.1, -0.05) is 6.07 Å². The molecule has 1 aromatic carbocycles. The van der Waals surface area contributed by atoms with E-state index >= 15 is 0 Å². The molecule has 2 aromatic rings. The van der Waals surface area contributed by atoms with Crippen molar-refractivity contribution in [1.29, 1.82) is 0 Å². The lowest BCUT2D eigenvalue weighted by atomic mass is 10.1. The van der Waals surface area contributed by atoms with Gasteiger partial charge in [-0.15, -0.1) is 0 Å². The fraction of sp³-hybridized carbons (Fsp3) is 0.250. The summed E-state index contributed by atoms with van der Waals surface area (Å²) in [5.74, 6) is -0.807. The molecule has 2 rings (SSSR count). The number of nitrogen functional groups attached to an aromatic ring is 1. The van der Waals surface area contributed by atoms with Gasteiger partial charge in [-0.25, -0.2) is 4.39 Å². The van der Waals surface area contributed by atoms with E-state index in [-0.39, 0.29) is 17.6 Å². The highest BCUT2D eigenvalue weighted by Gasteiger charge is 2.20. The first-order valence-corrected chi connectivity index (χ1v) is 6.74. The number of amides is 1. The van der Waals surface area contributed by atoms with E-state index in [2.05, 4.69) is 4.98 Å². The second kappa shape index (κ2) is 6.35. The van der Waals surface area contributed by atoms with Crippen molar-refractivity contribution >= 4 is 11.6 Å². The first kappa shape index (κ1) is 15.0. The molecule has 1 aromatic heterocycles. The summed E-state index contributed by atoms with van der Waals surface area (Å²) in [6.07, 6.45) is 3.40. The molecule has 0 bridgehead atoms. The molecule has 0 saturated carbocycles. The molecule has 21 heavy (non-hydrogen) atoms. The van der Waals surface area contributed by atoms with E-state index in [0.717, 1.165) is 5.56 Å². The number of pyridine rings is 1. The number of carbonyl (C=O) groups excluding carboxylic acids is 1. The zero-order valence-corrected chi connectivity index (χ0v) is 12.1. The van der Waals surface area contributed by atoms with Crippen LogP contribution in [0.4, 0.5) is 10.1 Å². The monoisotopic (exact) mass is 287 g/mol. The Balaban J connectivity index is 2.25. The predicted molar refractivity (Wildman–Crippen MR) is 80.1 cm³/mol. The van der Waals surface area contributed by atoms with E-state index in [1.165, 1.54) is 12.1 Å². The number of nitrogens with zero attached hydrogens (tertiary/aromatic N) is 2. The number of halogens is 1. The zero-order chi connectivity index (χ0) is 15.4. The Morgan fingerprint density at radius 3 is 2.71 bits per heavy atom. The molecular formula is C16H18FN3O. The van der Waals surface area contributed by atoms with Crippen LogP contribution in [0.3, 0.4) is 0 Å². The molecule has 0 unspecified atom stereocenters. The number of hydrogen-bond acceptors (Lipinski definition) is 3. The van der Waals surface area contributed by atoms with E-state index in [0.29, 0.717) is 12.1 Å². The molecule has 0 aliphatic rings. The standard InChI is InChI=1S/C16H18FN3O/c1-11(2)20(10-12-4-3-7-19-9-12)16(21)13-5-6-15(18)14(17)8-13/h3-9,11H,10,18H2,1-2H3. The van der Waals surface area contributed by atoms with Crippen molar-refractivity contribution < 1.29 is 9.18 Å². The van der Waals surface area contributed by atoms with Gasteiger partial charge in [0.2, 0.25) is 0 Å². The van der Waals surface area contributed by atoms with Gasteiger partial charge in [0, 0.05) is 30.5 Å². The van der Waals surface area contributed by atoms with Crippen molar-refractivity contribution in [2.45, 2.75) is 26.4 Å². The normalized spacial score (nSPS) is 10.7. The Labute approximate surface area is 123 Å².